The van der Waals surface area contributed by atoms with Crippen molar-refractivity contribution in [2.24, 2.45) is 0 Å². The average Bonchev–Trinajstić information content (AvgIpc) is 2.40. The first-order valence-corrected chi connectivity index (χ1v) is 5.86. The molecule has 0 saturated heterocycles. The average molecular weight is 242 g/mol. The molecule has 0 aliphatic rings. The molecule has 1 nitrogen and oxygen atoms in total. The molecular formula is C16H15FO. The molecule has 0 saturated carbocycles. The summed E-state index contributed by atoms with van der Waals surface area (Å²) >= 11 is 0. The molecule has 2 rings (SSSR count). The molecular weight excluding hydrogens is 227 g/mol. The Morgan fingerprint density at radius 1 is 1.11 bits per heavy atom. The van der Waals surface area contributed by atoms with Crippen LogP contribution in [0.15, 0.2) is 54.6 Å². The molecule has 2 aromatic carbocycles. The molecule has 0 aliphatic carbocycles. The zero-order chi connectivity index (χ0) is 12.8. The van der Waals surface area contributed by atoms with Crippen LogP contribution in [0.5, 0.6) is 5.75 Å². The first-order chi connectivity index (χ1) is 8.75. The van der Waals surface area contributed by atoms with Crippen molar-refractivity contribution < 1.29 is 9.13 Å². The summed E-state index contributed by atoms with van der Waals surface area (Å²) in [4.78, 5) is 0. The molecule has 0 amide bonds. The van der Waals surface area contributed by atoms with Gasteiger partial charge in [-0.05, 0) is 36.3 Å². The molecule has 0 atom stereocenters. The second-order valence-corrected chi connectivity index (χ2v) is 4.06. The van der Waals surface area contributed by atoms with Crippen LogP contribution in [0.3, 0.4) is 0 Å². The summed E-state index contributed by atoms with van der Waals surface area (Å²) in [6.07, 6.45) is 3.82. The summed E-state index contributed by atoms with van der Waals surface area (Å²) < 4.78 is 18.7. The zero-order valence-electron chi connectivity index (χ0n) is 10.3. The molecule has 0 fully saturated rings. The van der Waals surface area contributed by atoms with Gasteiger partial charge in [-0.25, -0.2) is 4.39 Å². The molecule has 18 heavy (non-hydrogen) atoms. The molecule has 0 radical (unpaired) electrons. The molecule has 0 aromatic heterocycles. The highest BCUT2D eigenvalue weighted by Crippen LogP contribution is 2.18. The fourth-order valence-corrected chi connectivity index (χ4v) is 1.61. The van der Waals surface area contributed by atoms with Crippen molar-refractivity contribution in [3.63, 3.8) is 0 Å². The third-order valence-electron chi connectivity index (χ3n) is 2.53. The van der Waals surface area contributed by atoms with E-state index in [1.807, 2.05) is 49.4 Å². The maximum absolute atomic E-state index is 13.4. The van der Waals surface area contributed by atoms with Crippen LogP contribution in [0.25, 0.3) is 6.08 Å². The van der Waals surface area contributed by atoms with E-state index in [9.17, 15) is 4.39 Å². The summed E-state index contributed by atoms with van der Waals surface area (Å²) in [5, 5.41) is 0. The maximum Gasteiger partial charge on any atom is 0.165 e. The first-order valence-electron chi connectivity index (χ1n) is 5.86. The van der Waals surface area contributed by atoms with Gasteiger partial charge >= 0.3 is 0 Å². The van der Waals surface area contributed by atoms with Gasteiger partial charge < -0.3 is 4.74 Å². The predicted molar refractivity (Wildman–Crippen MR) is 72.1 cm³/mol. The Kier molecular flexibility index (Phi) is 4.13. The Balaban J connectivity index is 1.92. The molecule has 0 unspecified atom stereocenters. The van der Waals surface area contributed by atoms with Crippen molar-refractivity contribution >= 4 is 6.08 Å². The highest BCUT2D eigenvalue weighted by Gasteiger charge is 2.01. The normalized spacial score (nSPS) is 10.8. The third kappa shape index (κ3) is 3.45. The van der Waals surface area contributed by atoms with E-state index in [0.717, 1.165) is 11.1 Å². The summed E-state index contributed by atoms with van der Waals surface area (Å²) in [5.41, 5.74) is 2.09. The van der Waals surface area contributed by atoms with Crippen molar-refractivity contribution in [2.45, 2.75) is 6.92 Å². The Hall–Kier alpha value is -2.09. The van der Waals surface area contributed by atoms with Gasteiger partial charge in [-0.1, -0.05) is 42.5 Å². The summed E-state index contributed by atoms with van der Waals surface area (Å²) in [6.45, 7) is 2.27. The summed E-state index contributed by atoms with van der Waals surface area (Å²) in [5.74, 6) is -0.0265. The van der Waals surface area contributed by atoms with Gasteiger partial charge in [-0.2, -0.15) is 0 Å². The van der Waals surface area contributed by atoms with Crippen LogP contribution in [0.2, 0.25) is 0 Å². The molecule has 0 N–H and O–H groups in total. The van der Waals surface area contributed by atoms with E-state index in [-0.39, 0.29) is 5.82 Å². The van der Waals surface area contributed by atoms with E-state index < -0.39 is 0 Å². The van der Waals surface area contributed by atoms with Crippen LogP contribution in [0.4, 0.5) is 4.39 Å². The highest BCUT2D eigenvalue weighted by molar-refractivity contribution is 5.48. The van der Waals surface area contributed by atoms with E-state index in [2.05, 4.69) is 0 Å². The van der Waals surface area contributed by atoms with Crippen LogP contribution in [0.1, 0.15) is 11.1 Å². The lowest BCUT2D eigenvalue weighted by Gasteiger charge is -2.05. The smallest absolute Gasteiger partial charge is 0.165 e. The molecule has 2 heteroatoms. The topological polar surface area (TPSA) is 9.23 Å². The van der Waals surface area contributed by atoms with Gasteiger partial charge in [0.25, 0.3) is 0 Å². The molecule has 92 valence electrons. The van der Waals surface area contributed by atoms with E-state index >= 15 is 0 Å². The number of ether oxygens (including phenoxy) is 1. The number of aryl methyl sites for hydroxylation is 1. The van der Waals surface area contributed by atoms with E-state index in [0.29, 0.717) is 12.4 Å². The van der Waals surface area contributed by atoms with Crippen molar-refractivity contribution in [1.29, 1.82) is 0 Å². The number of rotatable bonds is 4. The van der Waals surface area contributed by atoms with E-state index in [1.54, 1.807) is 12.1 Å². The first kappa shape index (κ1) is 12.4. The number of halogens is 1. The minimum absolute atomic E-state index is 0.299. The van der Waals surface area contributed by atoms with Crippen LogP contribution in [0, 0.1) is 12.7 Å². The largest absolute Gasteiger partial charge is 0.486 e. The van der Waals surface area contributed by atoms with Gasteiger partial charge in [0.2, 0.25) is 0 Å². The Morgan fingerprint density at radius 2 is 1.89 bits per heavy atom. The standard InChI is InChI=1S/C16H15FO/c1-13-9-10-15(17)16(12-13)18-11-5-8-14-6-3-2-4-7-14/h2-10,12H,11H2,1H3. The lowest BCUT2D eigenvalue weighted by Crippen LogP contribution is -1.96. The zero-order valence-corrected chi connectivity index (χ0v) is 10.3. The number of hydrogen-bond acceptors (Lipinski definition) is 1. The second kappa shape index (κ2) is 6.01. The van der Waals surface area contributed by atoms with Crippen molar-refractivity contribution in [3.05, 3.63) is 71.6 Å². The molecule has 0 spiro atoms. The second-order valence-electron chi connectivity index (χ2n) is 4.06. The highest BCUT2D eigenvalue weighted by atomic mass is 19.1. The van der Waals surface area contributed by atoms with Crippen LogP contribution in [-0.4, -0.2) is 6.61 Å². The maximum atomic E-state index is 13.4. The predicted octanol–water partition coefficient (Wildman–Crippen LogP) is 4.23. The van der Waals surface area contributed by atoms with Crippen molar-refractivity contribution in [3.8, 4) is 5.75 Å². The van der Waals surface area contributed by atoms with E-state index in [4.69, 9.17) is 4.74 Å². The van der Waals surface area contributed by atoms with Crippen molar-refractivity contribution in [1.82, 2.24) is 0 Å². The van der Waals surface area contributed by atoms with Gasteiger partial charge in [0.05, 0.1) is 0 Å². The summed E-state index contributed by atoms with van der Waals surface area (Å²) in [6, 6.07) is 14.8. The van der Waals surface area contributed by atoms with Crippen LogP contribution >= 0.6 is 0 Å². The fourth-order valence-electron chi connectivity index (χ4n) is 1.61. The monoisotopic (exact) mass is 242 g/mol. The van der Waals surface area contributed by atoms with Crippen LogP contribution < -0.4 is 4.74 Å². The molecule has 0 heterocycles. The van der Waals surface area contributed by atoms with Crippen molar-refractivity contribution in [2.75, 3.05) is 6.61 Å². The quantitative estimate of drug-likeness (QED) is 0.779. The van der Waals surface area contributed by atoms with Gasteiger partial charge in [-0.3, -0.25) is 0 Å². The molecule has 0 aliphatic heterocycles. The minimum Gasteiger partial charge on any atom is -0.486 e. The Bertz CT molecular complexity index is 532. The lowest BCUT2D eigenvalue weighted by atomic mass is 10.2. The van der Waals surface area contributed by atoms with Gasteiger partial charge in [0.1, 0.15) is 6.61 Å². The minimum atomic E-state index is -0.325. The number of hydrogen-bond donors (Lipinski definition) is 0. The third-order valence-corrected chi connectivity index (χ3v) is 2.53. The van der Waals surface area contributed by atoms with Crippen LogP contribution in [-0.2, 0) is 0 Å². The molecule has 0 bridgehead atoms. The molecule has 2 aromatic rings. The van der Waals surface area contributed by atoms with Gasteiger partial charge in [0.15, 0.2) is 11.6 Å². The number of benzene rings is 2. The van der Waals surface area contributed by atoms with E-state index in [1.165, 1.54) is 6.07 Å². The lowest BCUT2D eigenvalue weighted by molar-refractivity contribution is 0.342. The van der Waals surface area contributed by atoms with Gasteiger partial charge in [0, 0.05) is 0 Å². The SMILES string of the molecule is Cc1ccc(F)c(OCC=Cc2ccccc2)c1. The van der Waals surface area contributed by atoms with Gasteiger partial charge in [-0.15, -0.1) is 0 Å². The fraction of sp³-hybridized carbons (Fsp3) is 0.125. The Morgan fingerprint density at radius 3 is 2.67 bits per heavy atom. The Labute approximate surface area is 107 Å². The summed E-state index contributed by atoms with van der Waals surface area (Å²) in [7, 11) is 0.